The van der Waals surface area contributed by atoms with Gasteiger partial charge in [0, 0.05) is 0 Å². The van der Waals surface area contributed by atoms with Gasteiger partial charge in [-0.05, 0) is 27.7 Å². The summed E-state index contributed by atoms with van der Waals surface area (Å²) in [4.78, 5) is 11.7. The van der Waals surface area contributed by atoms with Crippen LogP contribution in [0.1, 0.15) is 27.7 Å². The molecule has 0 unspecified atom stereocenters. The Morgan fingerprint density at radius 1 is 1.00 bits per heavy atom. The lowest BCUT2D eigenvalue weighted by Gasteiger charge is -2.25. The van der Waals surface area contributed by atoms with Gasteiger partial charge in [0.25, 0.3) is 0 Å². The predicted octanol–water partition coefficient (Wildman–Crippen LogP) is 0.583. The summed E-state index contributed by atoms with van der Waals surface area (Å²) in [7, 11) is 0. The van der Waals surface area contributed by atoms with Gasteiger partial charge in [0.2, 0.25) is 0 Å². The summed E-state index contributed by atoms with van der Waals surface area (Å²) in [5.74, 6) is -1.80. The summed E-state index contributed by atoms with van der Waals surface area (Å²) in [5.41, 5.74) is 0. The average molecular weight is 258 g/mol. The van der Waals surface area contributed by atoms with Gasteiger partial charge in [-0.25, -0.2) is 4.79 Å². The molecule has 3 aliphatic heterocycles. The van der Waals surface area contributed by atoms with Gasteiger partial charge >= 0.3 is 5.97 Å². The van der Waals surface area contributed by atoms with E-state index >= 15 is 0 Å². The SMILES string of the molecule is CC1(C)O[C@H]2[C@H]([C@H]3COC(C)(C)O3)OC(=O)[C@H]2O1. The Bertz CT molecular complexity index is 377. The number of hydrogen-bond donors (Lipinski definition) is 0. The maximum absolute atomic E-state index is 11.7. The number of cyclic esters (lactones) is 1. The van der Waals surface area contributed by atoms with Crippen LogP contribution in [-0.4, -0.2) is 48.6 Å². The summed E-state index contributed by atoms with van der Waals surface area (Å²) in [5, 5.41) is 0. The van der Waals surface area contributed by atoms with E-state index in [4.69, 9.17) is 23.7 Å². The van der Waals surface area contributed by atoms with Crippen molar-refractivity contribution in [1.82, 2.24) is 0 Å². The summed E-state index contributed by atoms with van der Waals surface area (Å²) in [6.45, 7) is 7.61. The van der Waals surface area contributed by atoms with Crippen molar-refractivity contribution in [3.63, 3.8) is 0 Å². The molecule has 6 nitrogen and oxygen atoms in total. The average Bonchev–Trinajstić information content (AvgIpc) is 2.81. The van der Waals surface area contributed by atoms with Gasteiger partial charge in [-0.3, -0.25) is 0 Å². The first kappa shape index (κ1) is 12.3. The zero-order valence-electron chi connectivity index (χ0n) is 11.0. The maximum Gasteiger partial charge on any atom is 0.338 e. The van der Waals surface area contributed by atoms with Crippen LogP contribution in [-0.2, 0) is 28.5 Å². The molecule has 3 fully saturated rings. The highest BCUT2D eigenvalue weighted by Crippen LogP contribution is 2.39. The van der Waals surface area contributed by atoms with Crippen LogP contribution >= 0.6 is 0 Å². The number of hydrogen-bond acceptors (Lipinski definition) is 6. The molecule has 0 amide bonds. The van der Waals surface area contributed by atoms with Crippen molar-refractivity contribution in [3.05, 3.63) is 0 Å². The Kier molecular flexibility index (Phi) is 2.51. The third-order valence-electron chi connectivity index (χ3n) is 3.33. The highest BCUT2D eigenvalue weighted by atomic mass is 16.8. The third-order valence-corrected chi connectivity index (χ3v) is 3.33. The van der Waals surface area contributed by atoms with Gasteiger partial charge < -0.3 is 23.7 Å². The van der Waals surface area contributed by atoms with Crippen LogP contribution in [0.2, 0.25) is 0 Å². The summed E-state index contributed by atoms with van der Waals surface area (Å²) in [6.07, 6.45) is -1.85. The molecule has 0 aromatic heterocycles. The standard InChI is InChI=1S/C12H18O6/c1-11(2)14-5-6(16-11)7-8-9(10(13)15-7)18-12(3,4)17-8/h6-9H,5H2,1-4H3/t6-,7+,8+,9+/m1/s1. The molecular weight excluding hydrogens is 240 g/mol. The van der Waals surface area contributed by atoms with Gasteiger partial charge in [0.1, 0.15) is 12.2 Å². The number of rotatable bonds is 1. The first-order chi connectivity index (χ1) is 8.27. The van der Waals surface area contributed by atoms with E-state index in [2.05, 4.69) is 0 Å². The Labute approximate surface area is 105 Å². The Balaban J connectivity index is 1.77. The minimum atomic E-state index is -0.762. The van der Waals surface area contributed by atoms with Crippen molar-refractivity contribution in [3.8, 4) is 0 Å². The van der Waals surface area contributed by atoms with Crippen molar-refractivity contribution < 1.29 is 28.5 Å². The Hall–Kier alpha value is -0.690. The molecule has 3 rings (SSSR count). The quantitative estimate of drug-likeness (QED) is 0.641. The molecule has 0 N–H and O–H groups in total. The second kappa shape index (κ2) is 3.66. The van der Waals surface area contributed by atoms with Crippen LogP contribution in [0.15, 0.2) is 0 Å². The van der Waals surface area contributed by atoms with Crippen LogP contribution in [0.5, 0.6) is 0 Å². The summed E-state index contributed by atoms with van der Waals surface area (Å²) < 4.78 is 27.8. The van der Waals surface area contributed by atoms with Crippen molar-refractivity contribution in [2.75, 3.05) is 6.61 Å². The highest BCUT2D eigenvalue weighted by molar-refractivity contribution is 5.78. The first-order valence-electron chi connectivity index (χ1n) is 6.15. The van der Waals surface area contributed by atoms with E-state index in [1.807, 2.05) is 13.8 Å². The fourth-order valence-electron chi connectivity index (χ4n) is 2.64. The van der Waals surface area contributed by atoms with Crippen molar-refractivity contribution in [1.29, 1.82) is 0 Å². The van der Waals surface area contributed by atoms with Crippen LogP contribution in [0.3, 0.4) is 0 Å². The lowest BCUT2D eigenvalue weighted by molar-refractivity contribution is -0.200. The molecule has 0 radical (unpaired) electrons. The van der Waals surface area contributed by atoms with Gasteiger partial charge in [-0.15, -0.1) is 0 Å². The zero-order valence-corrected chi connectivity index (χ0v) is 11.0. The van der Waals surface area contributed by atoms with E-state index in [9.17, 15) is 4.79 Å². The summed E-state index contributed by atoms with van der Waals surface area (Å²) >= 11 is 0. The van der Waals surface area contributed by atoms with Crippen molar-refractivity contribution >= 4 is 5.97 Å². The minimum absolute atomic E-state index is 0.309. The molecule has 0 aromatic carbocycles. The van der Waals surface area contributed by atoms with E-state index in [0.29, 0.717) is 6.61 Å². The van der Waals surface area contributed by atoms with Gasteiger partial charge in [0.05, 0.1) is 6.61 Å². The second-order valence-corrected chi connectivity index (χ2v) is 5.79. The van der Waals surface area contributed by atoms with Gasteiger partial charge in [-0.2, -0.15) is 0 Å². The molecule has 0 spiro atoms. The van der Waals surface area contributed by atoms with E-state index in [-0.39, 0.29) is 12.1 Å². The molecule has 6 heteroatoms. The fraction of sp³-hybridized carbons (Fsp3) is 0.917. The van der Waals surface area contributed by atoms with Crippen molar-refractivity contribution in [2.24, 2.45) is 0 Å². The maximum atomic E-state index is 11.7. The van der Waals surface area contributed by atoms with E-state index in [1.54, 1.807) is 13.8 Å². The van der Waals surface area contributed by atoms with E-state index < -0.39 is 29.9 Å². The topological polar surface area (TPSA) is 63.2 Å². The number of esters is 1. The predicted molar refractivity (Wildman–Crippen MR) is 58.6 cm³/mol. The molecule has 0 saturated carbocycles. The molecule has 3 saturated heterocycles. The molecule has 4 atom stereocenters. The van der Waals surface area contributed by atoms with Gasteiger partial charge in [-0.1, -0.05) is 0 Å². The largest absolute Gasteiger partial charge is 0.455 e. The summed E-state index contributed by atoms with van der Waals surface area (Å²) in [6, 6.07) is 0. The Morgan fingerprint density at radius 3 is 2.33 bits per heavy atom. The number of carbonyl (C=O) groups excluding carboxylic acids is 1. The van der Waals surface area contributed by atoms with Crippen LogP contribution in [0.25, 0.3) is 0 Å². The molecule has 0 aliphatic carbocycles. The van der Waals surface area contributed by atoms with Crippen LogP contribution < -0.4 is 0 Å². The Morgan fingerprint density at radius 2 is 1.72 bits per heavy atom. The molecule has 0 aromatic rings. The van der Waals surface area contributed by atoms with E-state index in [0.717, 1.165) is 0 Å². The van der Waals surface area contributed by atoms with E-state index in [1.165, 1.54) is 0 Å². The molecule has 3 heterocycles. The van der Waals surface area contributed by atoms with Crippen LogP contribution in [0, 0.1) is 0 Å². The highest BCUT2D eigenvalue weighted by Gasteiger charge is 2.59. The molecular formula is C12H18O6. The normalized spacial score (nSPS) is 45.0. The minimum Gasteiger partial charge on any atom is -0.455 e. The van der Waals surface area contributed by atoms with Crippen molar-refractivity contribution in [2.45, 2.75) is 63.7 Å². The number of carbonyl (C=O) groups is 1. The lowest BCUT2D eigenvalue weighted by atomic mass is 10.1. The smallest absolute Gasteiger partial charge is 0.338 e. The molecule has 0 bridgehead atoms. The molecule has 18 heavy (non-hydrogen) atoms. The third kappa shape index (κ3) is 1.93. The van der Waals surface area contributed by atoms with Gasteiger partial charge in [0.15, 0.2) is 23.8 Å². The monoisotopic (exact) mass is 258 g/mol. The fourth-order valence-corrected chi connectivity index (χ4v) is 2.64. The molecule has 3 aliphatic rings. The lowest BCUT2D eigenvalue weighted by Crippen LogP contribution is -2.40. The number of ether oxygens (including phenoxy) is 5. The first-order valence-corrected chi connectivity index (χ1v) is 6.15. The van der Waals surface area contributed by atoms with Crippen LogP contribution in [0.4, 0.5) is 0 Å². The second-order valence-electron chi connectivity index (χ2n) is 5.79. The zero-order chi connectivity index (χ0) is 13.1. The molecule has 102 valence electrons. The number of fused-ring (bicyclic) bond motifs is 1.